The van der Waals surface area contributed by atoms with Crippen LogP contribution >= 0.6 is 0 Å². The topological polar surface area (TPSA) is 18.5 Å². The molecule has 2 unspecified atom stereocenters. The fourth-order valence-corrected chi connectivity index (χ4v) is 4.31. The quantitative estimate of drug-likeness (QED) is 0.841. The fourth-order valence-electron chi connectivity index (χ4n) is 4.31. The summed E-state index contributed by atoms with van der Waals surface area (Å²) in [5.41, 5.74) is 0.396. The third-order valence-corrected chi connectivity index (χ3v) is 6.00. The summed E-state index contributed by atoms with van der Waals surface area (Å²) >= 11 is 0. The van der Waals surface area contributed by atoms with Crippen molar-refractivity contribution in [3.05, 3.63) is 0 Å². The third-order valence-electron chi connectivity index (χ3n) is 6.00. The molecule has 0 bridgehead atoms. The van der Waals surface area contributed by atoms with E-state index in [2.05, 4.69) is 50.0 Å². The van der Waals surface area contributed by atoms with Gasteiger partial charge >= 0.3 is 0 Å². The van der Waals surface area contributed by atoms with Crippen LogP contribution in [0.25, 0.3) is 0 Å². The van der Waals surface area contributed by atoms with Crippen LogP contribution in [0.2, 0.25) is 0 Å². The number of rotatable bonds is 5. The predicted octanol–water partition coefficient (Wildman–Crippen LogP) is 2.96. The van der Waals surface area contributed by atoms with E-state index in [4.69, 9.17) is 0 Å². The molecule has 0 aromatic rings. The Morgan fingerprint density at radius 1 is 1.19 bits per heavy atom. The number of nitrogens with zero attached hydrogens (tertiary/aromatic N) is 2. The molecule has 0 aromatic carbocycles. The summed E-state index contributed by atoms with van der Waals surface area (Å²) in [5.74, 6) is 0.880. The second-order valence-corrected chi connectivity index (χ2v) is 8.11. The lowest BCUT2D eigenvalue weighted by Gasteiger charge is -2.46. The number of nitrogens with one attached hydrogen (secondary N) is 1. The Labute approximate surface area is 132 Å². The maximum atomic E-state index is 3.93. The van der Waals surface area contributed by atoms with E-state index in [1.54, 1.807) is 0 Å². The second-order valence-electron chi connectivity index (χ2n) is 8.11. The number of piperidine rings is 1. The van der Waals surface area contributed by atoms with Crippen LogP contribution in [0, 0.1) is 5.92 Å². The summed E-state index contributed by atoms with van der Waals surface area (Å²) in [5, 5.41) is 3.93. The lowest BCUT2D eigenvalue weighted by Crippen LogP contribution is -2.56. The smallest absolute Gasteiger partial charge is 0.0330 e. The van der Waals surface area contributed by atoms with Crippen LogP contribution in [0.5, 0.6) is 0 Å². The molecule has 2 fully saturated rings. The van der Waals surface area contributed by atoms with Crippen LogP contribution < -0.4 is 5.32 Å². The summed E-state index contributed by atoms with van der Waals surface area (Å²) in [6.45, 7) is 10.8. The van der Waals surface area contributed by atoms with Crippen LogP contribution in [-0.2, 0) is 0 Å². The van der Waals surface area contributed by atoms with Crippen molar-refractivity contribution < 1.29 is 0 Å². The zero-order valence-electron chi connectivity index (χ0n) is 15.0. The van der Waals surface area contributed by atoms with Gasteiger partial charge in [-0.05, 0) is 72.6 Å². The summed E-state index contributed by atoms with van der Waals surface area (Å²) in [4.78, 5) is 5.11. The van der Waals surface area contributed by atoms with E-state index >= 15 is 0 Å². The normalized spacial score (nSPS) is 33.0. The predicted molar refractivity (Wildman–Crippen MR) is 91.8 cm³/mol. The van der Waals surface area contributed by atoms with Crippen LogP contribution in [0.4, 0.5) is 0 Å². The van der Waals surface area contributed by atoms with Crippen molar-refractivity contribution in [1.82, 2.24) is 15.1 Å². The monoisotopic (exact) mass is 295 g/mol. The van der Waals surface area contributed by atoms with E-state index < -0.39 is 0 Å². The lowest BCUT2D eigenvalue weighted by atomic mass is 9.75. The lowest BCUT2D eigenvalue weighted by molar-refractivity contribution is 0.0669. The molecule has 2 atom stereocenters. The highest BCUT2D eigenvalue weighted by atomic mass is 15.2. The Morgan fingerprint density at radius 2 is 1.86 bits per heavy atom. The first-order valence-electron chi connectivity index (χ1n) is 9.08. The average Bonchev–Trinajstić information content (AvgIpc) is 2.45. The highest BCUT2D eigenvalue weighted by molar-refractivity contribution is 4.95. The molecule has 21 heavy (non-hydrogen) atoms. The first-order valence-corrected chi connectivity index (χ1v) is 9.08. The van der Waals surface area contributed by atoms with Crippen LogP contribution in [0.3, 0.4) is 0 Å². The minimum absolute atomic E-state index is 0.396. The van der Waals surface area contributed by atoms with E-state index in [0.29, 0.717) is 11.6 Å². The zero-order chi connectivity index (χ0) is 15.5. The number of hydrogen-bond acceptors (Lipinski definition) is 3. The minimum atomic E-state index is 0.396. The van der Waals surface area contributed by atoms with Gasteiger partial charge in [0, 0.05) is 24.2 Å². The Morgan fingerprint density at radius 3 is 2.38 bits per heavy atom. The molecule has 124 valence electrons. The molecule has 2 rings (SSSR count). The largest absolute Gasteiger partial charge is 0.312 e. The van der Waals surface area contributed by atoms with Crippen molar-refractivity contribution in [2.75, 3.05) is 33.7 Å². The molecule has 2 aliphatic rings. The molecule has 0 aromatic heterocycles. The highest BCUT2D eigenvalue weighted by Gasteiger charge is 2.37. The van der Waals surface area contributed by atoms with Crippen LogP contribution in [0.15, 0.2) is 0 Å². The molecule has 3 heteroatoms. The molecule has 1 saturated heterocycles. The fraction of sp³-hybridized carbons (Fsp3) is 1.00. The number of likely N-dealkylation sites (N-methyl/N-ethyl adjacent to an activating group) is 1. The molecule has 0 radical (unpaired) electrons. The maximum absolute atomic E-state index is 3.93. The van der Waals surface area contributed by atoms with Gasteiger partial charge < -0.3 is 15.1 Å². The van der Waals surface area contributed by atoms with Gasteiger partial charge in [-0.1, -0.05) is 19.8 Å². The molecule has 3 nitrogen and oxygen atoms in total. The van der Waals surface area contributed by atoms with E-state index in [1.807, 2.05) is 0 Å². The van der Waals surface area contributed by atoms with E-state index in [0.717, 1.165) is 12.0 Å². The average molecular weight is 296 g/mol. The molecular formula is C18H37N3. The Bertz CT molecular complexity index is 308. The van der Waals surface area contributed by atoms with Crippen molar-refractivity contribution >= 4 is 0 Å². The second kappa shape index (κ2) is 7.43. The van der Waals surface area contributed by atoms with E-state index in [-0.39, 0.29) is 0 Å². The zero-order valence-corrected chi connectivity index (χ0v) is 15.0. The van der Waals surface area contributed by atoms with Crippen LogP contribution in [0.1, 0.15) is 59.3 Å². The van der Waals surface area contributed by atoms with Gasteiger partial charge in [0.15, 0.2) is 0 Å². The Hall–Kier alpha value is -0.120. The van der Waals surface area contributed by atoms with Gasteiger partial charge in [0.2, 0.25) is 0 Å². The Kier molecular flexibility index (Phi) is 6.10. The van der Waals surface area contributed by atoms with Gasteiger partial charge in [0.1, 0.15) is 0 Å². The molecule has 0 amide bonds. The first kappa shape index (κ1) is 17.2. The van der Waals surface area contributed by atoms with E-state index in [9.17, 15) is 0 Å². The Balaban J connectivity index is 1.83. The van der Waals surface area contributed by atoms with Gasteiger partial charge in [-0.15, -0.1) is 0 Å². The van der Waals surface area contributed by atoms with Gasteiger partial charge in [-0.25, -0.2) is 0 Å². The molecule has 1 N–H and O–H groups in total. The summed E-state index contributed by atoms with van der Waals surface area (Å²) in [6.07, 6.45) is 8.17. The molecule has 1 aliphatic heterocycles. The van der Waals surface area contributed by atoms with E-state index in [1.165, 1.54) is 58.2 Å². The molecule has 1 aliphatic carbocycles. The van der Waals surface area contributed by atoms with Gasteiger partial charge in [-0.2, -0.15) is 0 Å². The standard InChI is InChI=1S/C18H37N3/c1-15(2)21-11-8-17(9-12-21)19-14-18(20(4)5)10-6-7-16(3)13-18/h15-17,19H,6-14H2,1-5H3. The van der Waals surface area contributed by atoms with Crippen molar-refractivity contribution in [1.29, 1.82) is 0 Å². The minimum Gasteiger partial charge on any atom is -0.312 e. The molecule has 1 saturated carbocycles. The molecule has 0 spiro atoms. The number of likely N-dealkylation sites (tertiary alicyclic amines) is 1. The van der Waals surface area contributed by atoms with Crippen molar-refractivity contribution in [3.63, 3.8) is 0 Å². The van der Waals surface area contributed by atoms with Gasteiger partial charge in [0.05, 0.1) is 0 Å². The molecular weight excluding hydrogens is 258 g/mol. The third kappa shape index (κ3) is 4.43. The van der Waals surface area contributed by atoms with Crippen molar-refractivity contribution in [2.45, 2.75) is 76.9 Å². The first-order chi connectivity index (χ1) is 9.93. The van der Waals surface area contributed by atoms with Gasteiger partial charge in [-0.3, -0.25) is 0 Å². The summed E-state index contributed by atoms with van der Waals surface area (Å²) < 4.78 is 0. The van der Waals surface area contributed by atoms with Crippen LogP contribution in [-0.4, -0.2) is 61.2 Å². The maximum Gasteiger partial charge on any atom is 0.0330 e. The SMILES string of the molecule is CC1CCCC(CNC2CCN(C(C)C)CC2)(N(C)C)C1. The number of hydrogen-bond donors (Lipinski definition) is 1. The highest BCUT2D eigenvalue weighted by Crippen LogP contribution is 2.35. The molecule has 1 heterocycles. The summed E-state index contributed by atoms with van der Waals surface area (Å²) in [6, 6.07) is 1.44. The summed E-state index contributed by atoms with van der Waals surface area (Å²) in [7, 11) is 4.56. The van der Waals surface area contributed by atoms with Crippen molar-refractivity contribution in [2.24, 2.45) is 5.92 Å². The van der Waals surface area contributed by atoms with Crippen molar-refractivity contribution in [3.8, 4) is 0 Å². The van der Waals surface area contributed by atoms with Gasteiger partial charge in [0.25, 0.3) is 0 Å².